The fourth-order valence-corrected chi connectivity index (χ4v) is 5.31. The van der Waals surface area contributed by atoms with Crippen molar-refractivity contribution in [2.75, 3.05) is 32.0 Å². The van der Waals surface area contributed by atoms with Gasteiger partial charge >= 0.3 is 0 Å². The first-order chi connectivity index (χ1) is 14.9. The first-order valence-electron chi connectivity index (χ1n) is 9.90. The van der Waals surface area contributed by atoms with Crippen molar-refractivity contribution in [3.63, 3.8) is 0 Å². The van der Waals surface area contributed by atoms with E-state index in [-0.39, 0.29) is 17.8 Å². The minimum absolute atomic E-state index is 0.0606. The number of nitrogens with two attached hydrogens (primary N) is 1. The summed E-state index contributed by atoms with van der Waals surface area (Å²) in [5.74, 6) is 0.316. The molecule has 5 rings (SSSR count). The number of nitrogens with zero attached hydrogens (tertiary/aromatic N) is 3. The minimum atomic E-state index is -0.356. The smallest absolute Gasteiger partial charge is 0.246 e. The molecule has 1 saturated heterocycles. The van der Waals surface area contributed by atoms with E-state index in [9.17, 15) is 9.18 Å². The lowest BCUT2D eigenvalue weighted by atomic mass is 10.0. The van der Waals surface area contributed by atoms with Crippen molar-refractivity contribution in [3.8, 4) is 16.9 Å². The molecule has 3 heterocycles. The molecule has 2 aliphatic rings. The van der Waals surface area contributed by atoms with Crippen molar-refractivity contribution in [1.82, 2.24) is 14.8 Å². The van der Waals surface area contributed by atoms with E-state index < -0.39 is 0 Å². The van der Waals surface area contributed by atoms with Gasteiger partial charge in [0.05, 0.1) is 16.3 Å². The van der Waals surface area contributed by atoms with Crippen LogP contribution in [0.4, 0.5) is 9.52 Å². The molecule has 1 amide bonds. The second-order valence-corrected chi connectivity index (χ2v) is 9.13. The van der Waals surface area contributed by atoms with Gasteiger partial charge in [-0.2, -0.15) is 0 Å². The number of anilines is 1. The van der Waals surface area contributed by atoms with Crippen LogP contribution in [0.15, 0.2) is 36.9 Å². The minimum Gasteiger partial charge on any atom is -0.492 e. The number of benzene rings is 2. The quantitative estimate of drug-likeness (QED) is 0.589. The maximum Gasteiger partial charge on any atom is 0.246 e. The summed E-state index contributed by atoms with van der Waals surface area (Å²) in [6, 6.07) is 6.96. The number of thiazole rings is 1. The van der Waals surface area contributed by atoms with Crippen molar-refractivity contribution >= 4 is 44.2 Å². The number of rotatable bonds is 2. The van der Waals surface area contributed by atoms with Crippen LogP contribution in [0.2, 0.25) is 5.02 Å². The van der Waals surface area contributed by atoms with Crippen LogP contribution in [-0.4, -0.2) is 53.0 Å². The molecular formula is C22H20ClFN4O2S. The van der Waals surface area contributed by atoms with Gasteiger partial charge in [0.15, 0.2) is 5.13 Å². The van der Waals surface area contributed by atoms with Crippen molar-refractivity contribution in [1.29, 1.82) is 0 Å². The normalized spacial score (nSPS) is 18.8. The Labute approximate surface area is 187 Å². The monoisotopic (exact) mass is 458 g/mol. The van der Waals surface area contributed by atoms with Gasteiger partial charge in [0.25, 0.3) is 0 Å². The number of halogens is 2. The highest BCUT2D eigenvalue weighted by Gasteiger charge is 2.32. The zero-order valence-corrected chi connectivity index (χ0v) is 18.2. The number of carbonyl (C=O) groups is 1. The number of nitrogen functional groups attached to an aromatic ring is 1. The molecule has 0 radical (unpaired) electrons. The standard InChI is InChI=1S/C22H20ClFN4O2S/c1-2-19(29)28-6-5-27-9-12-7-16(23)15(8-18(12)30-11-13(27)10-28)14-3-4-17(24)21-20(14)26-22(25)31-21/h2-4,7-8,13H,1,5-6,9-11H2,(H2,25,26). The molecule has 1 unspecified atom stereocenters. The van der Waals surface area contributed by atoms with Gasteiger partial charge in [-0.25, -0.2) is 9.37 Å². The average Bonchev–Trinajstić information content (AvgIpc) is 3.07. The van der Waals surface area contributed by atoms with Gasteiger partial charge < -0.3 is 15.4 Å². The van der Waals surface area contributed by atoms with Gasteiger partial charge in [-0.05, 0) is 30.3 Å². The topological polar surface area (TPSA) is 71.7 Å². The maximum atomic E-state index is 14.2. The Kier molecular flexibility index (Phi) is 5.08. The van der Waals surface area contributed by atoms with E-state index in [1.165, 1.54) is 12.1 Å². The Bertz CT molecular complexity index is 1210. The van der Waals surface area contributed by atoms with Crippen molar-refractivity contribution < 1.29 is 13.9 Å². The largest absolute Gasteiger partial charge is 0.492 e. The summed E-state index contributed by atoms with van der Waals surface area (Å²) < 4.78 is 20.8. The van der Waals surface area contributed by atoms with E-state index in [0.29, 0.717) is 52.2 Å². The van der Waals surface area contributed by atoms with E-state index in [4.69, 9.17) is 22.1 Å². The lowest BCUT2D eigenvalue weighted by Gasteiger charge is -2.39. The predicted octanol–water partition coefficient (Wildman–Crippen LogP) is 3.93. The molecule has 3 aromatic rings. The molecule has 0 bridgehead atoms. The van der Waals surface area contributed by atoms with E-state index in [1.54, 1.807) is 11.0 Å². The Balaban J connectivity index is 1.50. The molecule has 1 atom stereocenters. The van der Waals surface area contributed by atoms with Gasteiger partial charge in [-0.1, -0.05) is 29.5 Å². The Morgan fingerprint density at radius 3 is 3.00 bits per heavy atom. The highest BCUT2D eigenvalue weighted by molar-refractivity contribution is 7.22. The van der Waals surface area contributed by atoms with Gasteiger partial charge in [0.2, 0.25) is 5.91 Å². The average molecular weight is 459 g/mol. The number of aromatic nitrogens is 1. The summed E-state index contributed by atoms with van der Waals surface area (Å²) in [6.07, 6.45) is 1.35. The lowest BCUT2D eigenvalue weighted by Crippen LogP contribution is -2.55. The third kappa shape index (κ3) is 3.54. The van der Waals surface area contributed by atoms with Gasteiger partial charge in [-0.3, -0.25) is 9.69 Å². The molecule has 2 aromatic carbocycles. The Morgan fingerprint density at radius 1 is 1.35 bits per heavy atom. The SMILES string of the molecule is C=CC(=O)N1CCN2Cc3cc(Cl)c(-c4ccc(F)c5sc(N)nc45)cc3OCC2C1. The van der Waals surface area contributed by atoms with E-state index in [0.717, 1.165) is 34.8 Å². The number of hydrogen-bond donors (Lipinski definition) is 1. The number of fused-ring (bicyclic) bond motifs is 3. The second-order valence-electron chi connectivity index (χ2n) is 7.69. The van der Waals surface area contributed by atoms with Crippen LogP contribution < -0.4 is 10.5 Å². The third-order valence-corrected chi connectivity index (χ3v) is 7.05. The molecule has 2 N–H and O–H groups in total. The third-order valence-electron chi connectivity index (χ3n) is 5.85. The van der Waals surface area contributed by atoms with Crippen LogP contribution in [0.5, 0.6) is 5.75 Å². The molecule has 0 spiro atoms. The van der Waals surface area contributed by atoms with Crippen LogP contribution in [0.3, 0.4) is 0 Å². The summed E-state index contributed by atoms with van der Waals surface area (Å²) in [6.45, 7) is 6.72. The summed E-state index contributed by atoms with van der Waals surface area (Å²) in [5.41, 5.74) is 8.74. The molecule has 2 aliphatic heterocycles. The van der Waals surface area contributed by atoms with Crippen LogP contribution >= 0.6 is 22.9 Å². The van der Waals surface area contributed by atoms with Crippen molar-refractivity contribution in [2.45, 2.75) is 12.6 Å². The first-order valence-corrected chi connectivity index (χ1v) is 11.1. The van der Waals surface area contributed by atoms with E-state index >= 15 is 0 Å². The predicted molar refractivity (Wildman–Crippen MR) is 121 cm³/mol. The van der Waals surface area contributed by atoms with Gasteiger partial charge in [0, 0.05) is 47.9 Å². The molecule has 31 heavy (non-hydrogen) atoms. The molecule has 9 heteroatoms. The van der Waals surface area contributed by atoms with E-state index in [1.807, 2.05) is 12.1 Å². The molecule has 6 nitrogen and oxygen atoms in total. The Hall–Kier alpha value is -2.68. The number of ether oxygens (including phenoxy) is 1. The molecule has 160 valence electrons. The summed E-state index contributed by atoms with van der Waals surface area (Å²) >= 11 is 7.78. The zero-order chi connectivity index (χ0) is 21.7. The van der Waals surface area contributed by atoms with Crippen LogP contribution in [0, 0.1) is 5.82 Å². The summed E-state index contributed by atoms with van der Waals surface area (Å²) in [4.78, 5) is 20.4. The van der Waals surface area contributed by atoms with Crippen LogP contribution in [-0.2, 0) is 11.3 Å². The molecule has 0 aliphatic carbocycles. The molecular weight excluding hydrogens is 439 g/mol. The van der Waals surface area contributed by atoms with Crippen molar-refractivity contribution in [3.05, 3.63) is 53.3 Å². The zero-order valence-electron chi connectivity index (χ0n) is 16.6. The highest BCUT2D eigenvalue weighted by Crippen LogP contribution is 2.41. The summed E-state index contributed by atoms with van der Waals surface area (Å²) in [5, 5.41) is 0.847. The fourth-order valence-electron chi connectivity index (χ4n) is 4.26. The summed E-state index contributed by atoms with van der Waals surface area (Å²) in [7, 11) is 0. The second kappa shape index (κ2) is 7.78. The van der Waals surface area contributed by atoms with Crippen LogP contribution in [0.25, 0.3) is 21.3 Å². The number of piperazine rings is 1. The van der Waals surface area contributed by atoms with E-state index in [2.05, 4.69) is 16.5 Å². The molecule has 1 fully saturated rings. The lowest BCUT2D eigenvalue weighted by molar-refractivity contribution is -0.129. The van der Waals surface area contributed by atoms with Gasteiger partial charge in [0.1, 0.15) is 18.2 Å². The fraction of sp³-hybridized carbons (Fsp3) is 0.273. The van der Waals surface area contributed by atoms with Gasteiger partial charge in [-0.15, -0.1) is 0 Å². The molecule has 0 saturated carbocycles. The number of hydrogen-bond acceptors (Lipinski definition) is 6. The maximum absolute atomic E-state index is 14.2. The first kappa shape index (κ1) is 20.2. The highest BCUT2D eigenvalue weighted by atomic mass is 35.5. The number of amides is 1. The Morgan fingerprint density at radius 2 is 2.19 bits per heavy atom. The van der Waals surface area contributed by atoms with Crippen LogP contribution in [0.1, 0.15) is 5.56 Å². The number of carbonyl (C=O) groups excluding carboxylic acids is 1. The van der Waals surface area contributed by atoms with Crippen molar-refractivity contribution in [2.24, 2.45) is 0 Å². The molecule has 1 aromatic heterocycles.